The fourth-order valence-corrected chi connectivity index (χ4v) is 5.12. The molecule has 33 heavy (non-hydrogen) atoms. The molecule has 1 saturated carbocycles. The van der Waals surface area contributed by atoms with Gasteiger partial charge in [-0.1, -0.05) is 18.2 Å². The van der Waals surface area contributed by atoms with Crippen molar-refractivity contribution in [2.45, 2.75) is 56.3 Å². The first kappa shape index (κ1) is 25.1. The van der Waals surface area contributed by atoms with E-state index in [1.165, 1.54) is 25.8 Å². The number of carbonyl (C=O) groups excluding carboxylic acids is 1. The molecule has 1 aliphatic carbocycles. The molecule has 5 rings (SSSR count). The van der Waals surface area contributed by atoms with Gasteiger partial charge in [-0.15, -0.1) is 0 Å². The van der Waals surface area contributed by atoms with E-state index >= 15 is 0 Å². The van der Waals surface area contributed by atoms with Gasteiger partial charge >= 0.3 is 0 Å². The molecule has 4 aliphatic rings. The molecule has 3 saturated heterocycles. The maximum atomic E-state index is 12.6. The molecule has 4 fully saturated rings. The molecule has 0 aromatic heterocycles. The van der Waals surface area contributed by atoms with Gasteiger partial charge in [0.25, 0.3) is 18.9 Å². The van der Waals surface area contributed by atoms with Crippen LogP contribution in [-0.2, 0) is 14.3 Å². The standard InChI is InChI=1S/C22H31N3O2.2CH2O2/c26-22(17-4-2-1-3-5-17)24-10-8-18(9-11-24)23-19-12-20-15-27-21(16-6-7-16)14-25(20)13-19;2*2-1-3/h1-5,16,18-21,23H,6-15H2;2*1H,(H,2,3)/t19-,20-,21+;;/m0../s1. The number of fused-ring (bicyclic) bond motifs is 1. The molecule has 9 heteroatoms. The van der Waals surface area contributed by atoms with Crippen molar-refractivity contribution in [2.75, 3.05) is 32.8 Å². The minimum absolute atomic E-state index is 0.176. The summed E-state index contributed by atoms with van der Waals surface area (Å²) in [6.07, 6.45) is 6.55. The number of ether oxygens (including phenoxy) is 1. The molecule has 0 unspecified atom stereocenters. The molecule has 3 N–H and O–H groups in total. The zero-order valence-corrected chi connectivity index (χ0v) is 18.9. The second-order valence-corrected chi connectivity index (χ2v) is 9.06. The van der Waals surface area contributed by atoms with Gasteiger partial charge in [-0.3, -0.25) is 19.3 Å². The van der Waals surface area contributed by atoms with Gasteiger partial charge in [0, 0.05) is 49.9 Å². The Morgan fingerprint density at radius 3 is 2.21 bits per heavy atom. The highest BCUT2D eigenvalue weighted by atomic mass is 16.5. The Kier molecular flexibility index (Phi) is 9.65. The number of benzene rings is 1. The lowest BCUT2D eigenvalue weighted by Crippen LogP contribution is -2.49. The third kappa shape index (κ3) is 7.25. The Morgan fingerprint density at radius 2 is 1.61 bits per heavy atom. The second-order valence-electron chi connectivity index (χ2n) is 9.06. The molecule has 3 aliphatic heterocycles. The fourth-order valence-electron chi connectivity index (χ4n) is 5.12. The maximum Gasteiger partial charge on any atom is 0.290 e. The number of piperidine rings is 1. The summed E-state index contributed by atoms with van der Waals surface area (Å²) >= 11 is 0. The number of morpholine rings is 1. The van der Waals surface area contributed by atoms with Crippen molar-refractivity contribution in [3.63, 3.8) is 0 Å². The molecule has 1 amide bonds. The number of hydrogen-bond acceptors (Lipinski definition) is 6. The molecule has 1 aromatic rings. The minimum Gasteiger partial charge on any atom is -0.483 e. The average molecular weight is 462 g/mol. The van der Waals surface area contributed by atoms with Crippen molar-refractivity contribution in [1.82, 2.24) is 15.1 Å². The van der Waals surface area contributed by atoms with Crippen LogP contribution in [0.3, 0.4) is 0 Å². The topological polar surface area (TPSA) is 119 Å². The highest BCUT2D eigenvalue weighted by Crippen LogP contribution is 2.38. The zero-order valence-electron chi connectivity index (χ0n) is 18.9. The van der Waals surface area contributed by atoms with Gasteiger partial charge in [0.15, 0.2) is 0 Å². The molecule has 0 radical (unpaired) electrons. The number of nitrogens with one attached hydrogen (secondary N) is 1. The minimum atomic E-state index is -0.250. The Morgan fingerprint density at radius 1 is 0.970 bits per heavy atom. The largest absolute Gasteiger partial charge is 0.483 e. The normalized spacial score (nSPS) is 27.3. The Bertz CT molecular complexity index is 746. The van der Waals surface area contributed by atoms with Crippen LogP contribution in [0.15, 0.2) is 30.3 Å². The van der Waals surface area contributed by atoms with Gasteiger partial charge in [0.05, 0.1) is 12.7 Å². The van der Waals surface area contributed by atoms with Crippen molar-refractivity contribution in [3.8, 4) is 0 Å². The van der Waals surface area contributed by atoms with Crippen LogP contribution in [0.4, 0.5) is 0 Å². The van der Waals surface area contributed by atoms with Crippen LogP contribution in [0.25, 0.3) is 0 Å². The monoisotopic (exact) mass is 461 g/mol. The van der Waals surface area contributed by atoms with E-state index in [-0.39, 0.29) is 18.9 Å². The number of amides is 1. The lowest BCUT2D eigenvalue weighted by molar-refractivity contribution is -0.123. The Balaban J connectivity index is 0.000000464. The number of hydrogen-bond donors (Lipinski definition) is 3. The van der Waals surface area contributed by atoms with E-state index in [4.69, 9.17) is 24.5 Å². The fraction of sp³-hybridized carbons (Fsp3) is 0.625. The van der Waals surface area contributed by atoms with Gasteiger partial charge in [0.2, 0.25) is 0 Å². The van der Waals surface area contributed by atoms with Crippen LogP contribution in [-0.4, -0.2) is 95.9 Å². The van der Waals surface area contributed by atoms with Crippen molar-refractivity contribution in [2.24, 2.45) is 5.92 Å². The van der Waals surface area contributed by atoms with Crippen LogP contribution < -0.4 is 5.32 Å². The van der Waals surface area contributed by atoms with Gasteiger partial charge in [-0.2, -0.15) is 0 Å². The highest BCUT2D eigenvalue weighted by molar-refractivity contribution is 5.94. The first-order chi connectivity index (χ1) is 16.1. The lowest BCUT2D eigenvalue weighted by atomic mass is 10.0. The van der Waals surface area contributed by atoms with E-state index in [0.29, 0.717) is 24.2 Å². The van der Waals surface area contributed by atoms with Gasteiger partial charge in [-0.25, -0.2) is 0 Å². The van der Waals surface area contributed by atoms with Crippen molar-refractivity contribution < 1.29 is 29.3 Å². The Hall–Kier alpha value is -2.49. The van der Waals surface area contributed by atoms with E-state index in [9.17, 15) is 4.79 Å². The summed E-state index contributed by atoms with van der Waals surface area (Å²) in [6, 6.07) is 11.4. The van der Waals surface area contributed by atoms with Gasteiger partial charge < -0.3 is 25.2 Å². The number of nitrogens with zero attached hydrogens (tertiary/aromatic N) is 2. The molecule has 3 heterocycles. The predicted molar refractivity (Wildman–Crippen MR) is 122 cm³/mol. The van der Waals surface area contributed by atoms with Crippen molar-refractivity contribution in [1.29, 1.82) is 0 Å². The molecule has 1 aromatic carbocycles. The summed E-state index contributed by atoms with van der Waals surface area (Å²) in [5.41, 5.74) is 0.807. The Labute approximate surface area is 194 Å². The molecule has 182 valence electrons. The van der Waals surface area contributed by atoms with Crippen molar-refractivity contribution in [3.05, 3.63) is 35.9 Å². The van der Waals surface area contributed by atoms with Gasteiger partial charge in [-0.05, 0) is 50.2 Å². The van der Waals surface area contributed by atoms with E-state index < -0.39 is 0 Å². The van der Waals surface area contributed by atoms with Gasteiger partial charge in [0.1, 0.15) is 0 Å². The number of carbonyl (C=O) groups is 3. The molecule has 9 nitrogen and oxygen atoms in total. The summed E-state index contributed by atoms with van der Waals surface area (Å²) in [5, 5.41) is 17.7. The van der Waals surface area contributed by atoms with E-state index in [1.54, 1.807) is 0 Å². The lowest BCUT2D eigenvalue weighted by Gasteiger charge is -2.35. The second kappa shape index (κ2) is 12.7. The first-order valence-corrected chi connectivity index (χ1v) is 11.7. The van der Waals surface area contributed by atoms with Crippen LogP contribution in [0.5, 0.6) is 0 Å². The van der Waals surface area contributed by atoms with E-state index in [0.717, 1.165) is 50.6 Å². The summed E-state index contributed by atoms with van der Waals surface area (Å²) in [7, 11) is 0. The zero-order chi connectivity index (χ0) is 23.6. The summed E-state index contributed by atoms with van der Waals surface area (Å²) in [6.45, 7) is 4.44. The maximum absolute atomic E-state index is 12.6. The molecule has 0 bridgehead atoms. The van der Waals surface area contributed by atoms with Crippen molar-refractivity contribution >= 4 is 18.9 Å². The summed E-state index contributed by atoms with van der Waals surface area (Å²) in [5.74, 6) is 1.01. The van der Waals surface area contributed by atoms with Crippen LogP contribution >= 0.6 is 0 Å². The third-order valence-corrected chi connectivity index (χ3v) is 6.87. The highest BCUT2D eigenvalue weighted by Gasteiger charge is 2.42. The van der Waals surface area contributed by atoms with Crippen LogP contribution in [0.2, 0.25) is 0 Å². The van der Waals surface area contributed by atoms with Crippen LogP contribution in [0, 0.1) is 5.92 Å². The van der Waals surface area contributed by atoms with E-state index in [2.05, 4.69) is 10.2 Å². The molecular weight excluding hydrogens is 426 g/mol. The summed E-state index contributed by atoms with van der Waals surface area (Å²) in [4.78, 5) is 34.0. The number of rotatable bonds is 4. The predicted octanol–water partition coefficient (Wildman–Crippen LogP) is 1.53. The molecule has 3 atom stereocenters. The van der Waals surface area contributed by atoms with Crippen LogP contribution in [0.1, 0.15) is 42.5 Å². The molecular formula is C24H35N3O6. The smallest absolute Gasteiger partial charge is 0.290 e. The third-order valence-electron chi connectivity index (χ3n) is 6.87. The van der Waals surface area contributed by atoms with E-state index in [1.807, 2.05) is 35.2 Å². The first-order valence-electron chi connectivity index (χ1n) is 11.7. The number of carboxylic acid groups (broad SMARTS) is 2. The average Bonchev–Trinajstić information content (AvgIpc) is 3.60. The SMILES string of the molecule is O=C(c1ccccc1)N1CCC(N[C@H]2C[C@H]3CO[C@@H](C4CC4)CN3C2)CC1.O=CO.O=CO. The summed E-state index contributed by atoms with van der Waals surface area (Å²) < 4.78 is 6.12. The quantitative estimate of drug-likeness (QED) is 0.578. The molecule has 0 spiro atoms. The number of likely N-dealkylation sites (tertiary alicyclic amines) is 1.